The summed E-state index contributed by atoms with van der Waals surface area (Å²) in [5.74, 6) is 0. The summed E-state index contributed by atoms with van der Waals surface area (Å²) in [5.41, 5.74) is 4.63. The molecule has 3 rings (SSSR count). The van der Waals surface area contributed by atoms with Gasteiger partial charge in [-0.1, -0.05) is 12.1 Å². The number of benzene rings is 1. The fourth-order valence-electron chi connectivity index (χ4n) is 2.57. The second kappa shape index (κ2) is 5.06. The third kappa shape index (κ3) is 2.08. The Morgan fingerprint density at radius 3 is 2.80 bits per heavy atom. The van der Waals surface area contributed by atoms with Crippen molar-refractivity contribution in [2.45, 2.75) is 13.0 Å². The topological polar surface area (TPSA) is 42.7 Å². The van der Waals surface area contributed by atoms with Crippen molar-refractivity contribution >= 4 is 10.9 Å². The highest BCUT2D eigenvalue weighted by Gasteiger charge is 2.17. The number of fused-ring (bicyclic) bond motifs is 1. The number of hydrogen-bond donors (Lipinski definition) is 1. The van der Waals surface area contributed by atoms with Crippen LogP contribution in [0, 0.1) is 6.92 Å². The Hall–Kier alpha value is -2.20. The molecule has 0 aliphatic heterocycles. The standard InChI is InChI=1S/C16H18N4/c1-11-14(10-19-20(11)3)16(17-2)13-6-7-15-12(9-13)5-4-8-18-15/h4-10,16-17H,1-3H3. The first kappa shape index (κ1) is 12.8. The third-order valence-corrected chi connectivity index (χ3v) is 3.83. The molecule has 102 valence electrons. The van der Waals surface area contributed by atoms with Crippen LogP contribution in [0.5, 0.6) is 0 Å². The highest BCUT2D eigenvalue weighted by atomic mass is 15.3. The Kier molecular flexibility index (Phi) is 3.24. The molecule has 2 heterocycles. The summed E-state index contributed by atoms with van der Waals surface area (Å²) in [6.45, 7) is 2.09. The highest BCUT2D eigenvalue weighted by molar-refractivity contribution is 5.79. The van der Waals surface area contributed by atoms with E-state index in [0.29, 0.717) is 0 Å². The maximum Gasteiger partial charge on any atom is 0.0702 e. The van der Waals surface area contributed by atoms with Crippen molar-refractivity contribution in [1.82, 2.24) is 20.1 Å². The fraction of sp³-hybridized carbons (Fsp3) is 0.250. The molecule has 0 aliphatic rings. The van der Waals surface area contributed by atoms with Crippen LogP contribution in [0.4, 0.5) is 0 Å². The predicted octanol–water partition coefficient (Wildman–Crippen LogP) is 2.59. The van der Waals surface area contributed by atoms with E-state index >= 15 is 0 Å². The molecule has 20 heavy (non-hydrogen) atoms. The molecule has 3 aromatic rings. The van der Waals surface area contributed by atoms with E-state index in [4.69, 9.17) is 0 Å². The first-order valence-electron chi connectivity index (χ1n) is 6.71. The molecule has 0 amide bonds. The molecule has 0 spiro atoms. The number of nitrogens with zero attached hydrogens (tertiary/aromatic N) is 3. The van der Waals surface area contributed by atoms with Gasteiger partial charge in [0.05, 0.1) is 17.8 Å². The quantitative estimate of drug-likeness (QED) is 0.792. The zero-order valence-corrected chi connectivity index (χ0v) is 12.0. The molecular weight excluding hydrogens is 248 g/mol. The average molecular weight is 266 g/mol. The van der Waals surface area contributed by atoms with Crippen molar-refractivity contribution in [3.05, 3.63) is 59.5 Å². The largest absolute Gasteiger partial charge is 0.309 e. The zero-order valence-electron chi connectivity index (χ0n) is 12.0. The zero-order chi connectivity index (χ0) is 14.1. The van der Waals surface area contributed by atoms with Crippen molar-refractivity contribution in [3.8, 4) is 0 Å². The van der Waals surface area contributed by atoms with Gasteiger partial charge in [0, 0.05) is 29.9 Å². The van der Waals surface area contributed by atoms with Gasteiger partial charge in [-0.15, -0.1) is 0 Å². The Balaban J connectivity index is 2.09. The van der Waals surface area contributed by atoms with E-state index in [0.717, 1.165) is 10.9 Å². The van der Waals surface area contributed by atoms with Crippen LogP contribution in [0.2, 0.25) is 0 Å². The molecule has 0 fully saturated rings. The minimum Gasteiger partial charge on any atom is -0.309 e. The summed E-state index contributed by atoms with van der Waals surface area (Å²) in [4.78, 5) is 4.37. The van der Waals surface area contributed by atoms with E-state index in [1.54, 1.807) is 0 Å². The molecule has 4 heteroatoms. The molecule has 2 aromatic heterocycles. The molecule has 1 atom stereocenters. The van der Waals surface area contributed by atoms with Crippen molar-refractivity contribution in [2.75, 3.05) is 7.05 Å². The highest BCUT2D eigenvalue weighted by Crippen LogP contribution is 2.26. The van der Waals surface area contributed by atoms with Crippen LogP contribution in [0.25, 0.3) is 10.9 Å². The minimum atomic E-state index is 0.147. The van der Waals surface area contributed by atoms with Crippen LogP contribution >= 0.6 is 0 Å². The summed E-state index contributed by atoms with van der Waals surface area (Å²) < 4.78 is 1.91. The maximum atomic E-state index is 4.37. The van der Waals surface area contributed by atoms with Gasteiger partial charge in [-0.3, -0.25) is 9.67 Å². The van der Waals surface area contributed by atoms with Gasteiger partial charge in [-0.05, 0) is 37.7 Å². The van der Waals surface area contributed by atoms with Gasteiger partial charge in [0.15, 0.2) is 0 Å². The number of nitrogens with one attached hydrogen (secondary N) is 1. The number of aryl methyl sites for hydroxylation is 1. The lowest BCUT2D eigenvalue weighted by Gasteiger charge is -2.17. The van der Waals surface area contributed by atoms with Crippen molar-refractivity contribution in [1.29, 1.82) is 0 Å². The van der Waals surface area contributed by atoms with Crippen LogP contribution < -0.4 is 5.32 Å². The Labute approximate surface area is 118 Å². The molecule has 0 radical (unpaired) electrons. The molecule has 1 N–H and O–H groups in total. The van der Waals surface area contributed by atoms with Crippen LogP contribution in [-0.2, 0) is 7.05 Å². The molecule has 0 bridgehead atoms. The van der Waals surface area contributed by atoms with E-state index in [2.05, 4.69) is 46.6 Å². The molecule has 1 unspecified atom stereocenters. The second-order valence-corrected chi connectivity index (χ2v) is 4.99. The van der Waals surface area contributed by atoms with Gasteiger partial charge < -0.3 is 5.32 Å². The monoisotopic (exact) mass is 266 g/mol. The second-order valence-electron chi connectivity index (χ2n) is 4.99. The first-order chi connectivity index (χ1) is 9.70. The summed E-state index contributed by atoms with van der Waals surface area (Å²) in [5, 5.41) is 8.88. The first-order valence-corrected chi connectivity index (χ1v) is 6.71. The van der Waals surface area contributed by atoms with Crippen LogP contribution in [0.15, 0.2) is 42.7 Å². The number of aromatic nitrogens is 3. The van der Waals surface area contributed by atoms with Crippen LogP contribution in [0.1, 0.15) is 22.9 Å². The Morgan fingerprint density at radius 2 is 2.10 bits per heavy atom. The predicted molar refractivity (Wildman–Crippen MR) is 80.6 cm³/mol. The van der Waals surface area contributed by atoms with Gasteiger partial charge >= 0.3 is 0 Å². The summed E-state index contributed by atoms with van der Waals surface area (Å²) in [7, 11) is 3.94. The smallest absolute Gasteiger partial charge is 0.0702 e. The van der Waals surface area contributed by atoms with Crippen molar-refractivity contribution in [2.24, 2.45) is 7.05 Å². The lowest BCUT2D eigenvalue weighted by atomic mass is 9.98. The molecule has 0 aliphatic carbocycles. The molecule has 4 nitrogen and oxygen atoms in total. The fourth-order valence-corrected chi connectivity index (χ4v) is 2.57. The van der Waals surface area contributed by atoms with Crippen molar-refractivity contribution < 1.29 is 0 Å². The van der Waals surface area contributed by atoms with Gasteiger partial charge in [0.1, 0.15) is 0 Å². The van der Waals surface area contributed by atoms with Crippen molar-refractivity contribution in [3.63, 3.8) is 0 Å². The van der Waals surface area contributed by atoms with Gasteiger partial charge in [0.2, 0.25) is 0 Å². The third-order valence-electron chi connectivity index (χ3n) is 3.83. The number of pyridine rings is 1. The summed E-state index contributed by atoms with van der Waals surface area (Å²) in [6, 6.07) is 10.6. The van der Waals surface area contributed by atoms with Gasteiger partial charge in [-0.25, -0.2) is 0 Å². The maximum absolute atomic E-state index is 4.37. The van der Waals surface area contributed by atoms with Crippen LogP contribution in [0.3, 0.4) is 0 Å². The lowest BCUT2D eigenvalue weighted by molar-refractivity contribution is 0.680. The van der Waals surface area contributed by atoms with Crippen LogP contribution in [-0.4, -0.2) is 21.8 Å². The molecule has 0 saturated heterocycles. The number of hydrogen-bond acceptors (Lipinski definition) is 3. The van der Waals surface area contributed by atoms with E-state index in [9.17, 15) is 0 Å². The number of rotatable bonds is 3. The Bertz CT molecular complexity index is 745. The lowest BCUT2D eigenvalue weighted by Crippen LogP contribution is -2.18. The van der Waals surface area contributed by atoms with E-state index in [1.165, 1.54) is 16.8 Å². The Morgan fingerprint density at radius 1 is 1.25 bits per heavy atom. The van der Waals surface area contributed by atoms with Gasteiger partial charge in [0.25, 0.3) is 0 Å². The average Bonchev–Trinajstić information content (AvgIpc) is 2.80. The summed E-state index contributed by atoms with van der Waals surface area (Å²) in [6.07, 6.45) is 3.76. The minimum absolute atomic E-state index is 0.147. The normalized spacial score (nSPS) is 12.8. The molecule has 0 saturated carbocycles. The molecule has 1 aromatic carbocycles. The molecular formula is C16H18N4. The summed E-state index contributed by atoms with van der Waals surface area (Å²) >= 11 is 0. The van der Waals surface area contributed by atoms with E-state index in [1.807, 2.05) is 37.2 Å². The van der Waals surface area contributed by atoms with E-state index in [-0.39, 0.29) is 6.04 Å². The van der Waals surface area contributed by atoms with E-state index < -0.39 is 0 Å². The van der Waals surface area contributed by atoms with Gasteiger partial charge in [-0.2, -0.15) is 5.10 Å². The SMILES string of the molecule is CNC(c1ccc2ncccc2c1)c1cnn(C)c1C.